The van der Waals surface area contributed by atoms with Crippen LogP contribution in [-0.2, 0) is 9.13 Å². The molecule has 34 heavy (non-hydrogen) atoms. The number of phosphoric acid groups is 2. The fourth-order valence-electron chi connectivity index (χ4n) is 2.81. The van der Waals surface area contributed by atoms with Crippen molar-refractivity contribution in [2.24, 2.45) is 0 Å². The minimum Gasteiger partial charge on any atom is -0.412 e. The summed E-state index contributed by atoms with van der Waals surface area (Å²) in [5.74, 6) is 0.392. The average Bonchev–Trinajstić information content (AvgIpc) is 2.67. The normalized spacial score (nSPS) is 10.2. The zero-order valence-electron chi connectivity index (χ0n) is 17.6. The van der Waals surface area contributed by atoms with E-state index in [2.05, 4.69) is 9.05 Å². The molecule has 4 rings (SSSR count). The SMILES string of the molecule is O.O.O.O=P(O)(O)Oc1cccc2ccccc12.O=P(O)(O)Oc1cccc2ccccc12.[Ca]. The first-order valence-corrected chi connectivity index (χ1v) is 11.6. The predicted octanol–water partition coefficient (Wildman–Crippen LogP) is 1.77. The number of rotatable bonds is 4. The van der Waals surface area contributed by atoms with Gasteiger partial charge in [-0.25, -0.2) is 9.13 Å². The molecule has 0 fully saturated rings. The second kappa shape index (κ2) is 14.8. The Kier molecular flexibility index (Phi) is 15.0. The van der Waals surface area contributed by atoms with E-state index in [1.165, 1.54) is 12.1 Å². The largest absolute Gasteiger partial charge is 0.524 e. The summed E-state index contributed by atoms with van der Waals surface area (Å²) < 4.78 is 30.6. The van der Waals surface area contributed by atoms with Crippen molar-refractivity contribution in [3.63, 3.8) is 0 Å². The molecule has 11 nitrogen and oxygen atoms in total. The van der Waals surface area contributed by atoms with Crippen molar-refractivity contribution in [1.29, 1.82) is 0 Å². The molecule has 4 aromatic rings. The van der Waals surface area contributed by atoms with Gasteiger partial charge in [0.1, 0.15) is 11.5 Å². The molecule has 0 aliphatic heterocycles. The van der Waals surface area contributed by atoms with Crippen LogP contribution in [0.4, 0.5) is 0 Å². The van der Waals surface area contributed by atoms with Crippen LogP contribution in [0.5, 0.6) is 11.5 Å². The standard InChI is InChI=1S/2C10H9O4P.Ca.3H2O/c2*11-15(12,13)14-10-7-3-5-8-4-1-2-6-9(8)10;;;;/h2*1-7H,(H2,11,12,13);;3*1H2. The van der Waals surface area contributed by atoms with Crippen LogP contribution in [0.25, 0.3) is 21.5 Å². The second-order valence-electron chi connectivity index (χ2n) is 6.12. The van der Waals surface area contributed by atoms with E-state index >= 15 is 0 Å². The topological polar surface area (TPSA) is 228 Å². The summed E-state index contributed by atoms with van der Waals surface area (Å²) in [5.41, 5.74) is 0. The first kappa shape index (κ1) is 34.6. The molecule has 0 aliphatic rings. The minimum absolute atomic E-state index is 0. The number of hydrogen-bond donors (Lipinski definition) is 4. The Morgan fingerprint density at radius 2 is 0.794 bits per heavy atom. The Labute approximate surface area is 224 Å². The smallest absolute Gasteiger partial charge is 0.412 e. The molecule has 4 aromatic carbocycles. The molecule has 10 N–H and O–H groups in total. The van der Waals surface area contributed by atoms with Crippen molar-refractivity contribution < 1.29 is 54.2 Å². The third kappa shape index (κ3) is 10.4. The van der Waals surface area contributed by atoms with E-state index in [4.69, 9.17) is 19.6 Å². The molecule has 0 saturated carbocycles. The first-order chi connectivity index (χ1) is 14.1. The number of hydrogen-bond acceptors (Lipinski definition) is 4. The zero-order chi connectivity index (χ0) is 21.8. The molecule has 0 aromatic heterocycles. The van der Waals surface area contributed by atoms with Gasteiger partial charge < -0.3 is 25.5 Å². The van der Waals surface area contributed by atoms with Crippen LogP contribution in [0, 0.1) is 0 Å². The summed E-state index contributed by atoms with van der Waals surface area (Å²) in [4.78, 5) is 34.9. The van der Waals surface area contributed by atoms with E-state index in [1.54, 1.807) is 36.4 Å². The molecular weight excluding hydrogens is 518 g/mol. The van der Waals surface area contributed by atoms with Gasteiger partial charge in [-0.05, 0) is 22.9 Å². The van der Waals surface area contributed by atoms with Gasteiger partial charge in [-0.15, -0.1) is 0 Å². The molecule has 0 unspecified atom stereocenters. The maximum absolute atomic E-state index is 10.7. The Balaban J connectivity index is 0. The van der Waals surface area contributed by atoms with E-state index in [9.17, 15) is 9.13 Å². The molecule has 0 atom stereocenters. The molecule has 0 saturated heterocycles. The average molecular weight is 542 g/mol. The van der Waals surface area contributed by atoms with Gasteiger partial charge >= 0.3 is 15.6 Å². The summed E-state index contributed by atoms with van der Waals surface area (Å²) >= 11 is 0. The Morgan fingerprint density at radius 3 is 1.12 bits per heavy atom. The van der Waals surface area contributed by atoms with Crippen molar-refractivity contribution in [2.45, 2.75) is 0 Å². The van der Waals surface area contributed by atoms with E-state index in [0.717, 1.165) is 10.8 Å². The molecule has 0 heterocycles. The van der Waals surface area contributed by atoms with Crippen LogP contribution in [0.2, 0.25) is 0 Å². The monoisotopic (exact) mass is 542 g/mol. The van der Waals surface area contributed by atoms with Crippen LogP contribution >= 0.6 is 15.6 Å². The third-order valence-corrected chi connectivity index (χ3v) is 4.80. The number of phosphoric ester groups is 2. The summed E-state index contributed by atoms with van der Waals surface area (Å²) in [7, 11) is -8.98. The fraction of sp³-hybridized carbons (Fsp3) is 0. The van der Waals surface area contributed by atoms with E-state index in [1.807, 2.05) is 36.4 Å². The molecule has 2 radical (unpaired) electrons. The van der Waals surface area contributed by atoms with Crippen molar-refractivity contribution in [2.75, 3.05) is 0 Å². The van der Waals surface area contributed by atoms with E-state index in [-0.39, 0.29) is 65.7 Å². The Bertz CT molecular complexity index is 1160. The van der Waals surface area contributed by atoms with Crippen LogP contribution in [-0.4, -0.2) is 73.7 Å². The molecule has 0 aliphatic carbocycles. The molecule has 14 heteroatoms. The number of fused-ring (bicyclic) bond motifs is 2. The summed E-state index contributed by atoms with van der Waals surface area (Å²) in [6, 6.07) is 24.6. The predicted molar refractivity (Wildman–Crippen MR) is 130 cm³/mol. The van der Waals surface area contributed by atoms with Crippen molar-refractivity contribution >= 4 is 74.9 Å². The second-order valence-corrected chi connectivity index (χ2v) is 8.45. The maximum Gasteiger partial charge on any atom is 0.524 e. The van der Waals surface area contributed by atoms with Gasteiger partial charge in [0, 0.05) is 48.5 Å². The fourth-order valence-corrected chi connectivity index (χ4v) is 3.64. The third-order valence-electron chi connectivity index (χ3n) is 3.93. The van der Waals surface area contributed by atoms with Gasteiger partial charge in [-0.2, -0.15) is 0 Å². The number of benzene rings is 4. The van der Waals surface area contributed by atoms with Crippen LogP contribution in [0.15, 0.2) is 84.9 Å². The minimum atomic E-state index is -4.49. The molecule has 182 valence electrons. The summed E-state index contributed by atoms with van der Waals surface area (Å²) in [6.45, 7) is 0. The molecule has 0 bridgehead atoms. The quantitative estimate of drug-likeness (QED) is 0.219. The van der Waals surface area contributed by atoms with Crippen LogP contribution in [0.3, 0.4) is 0 Å². The molecular formula is C20H24CaO11P2. The van der Waals surface area contributed by atoms with Crippen molar-refractivity contribution in [3.8, 4) is 11.5 Å². The summed E-state index contributed by atoms with van der Waals surface area (Å²) in [5, 5.41) is 3.12. The van der Waals surface area contributed by atoms with E-state index < -0.39 is 15.6 Å². The van der Waals surface area contributed by atoms with Gasteiger partial charge in [-0.3, -0.25) is 19.6 Å². The first-order valence-electron chi connectivity index (χ1n) is 8.58. The van der Waals surface area contributed by atoms with Crippen LogP contribution < -0.4 is 9.05 Å². The zero-order valence-corrected chi connectivity index (χ0v) is 21.6. The van der Waals surface area contributed by atoms with Gasteiger partial charge in [0.2, 0.25) is 0 Å². The van der Waals surface area contributed by atoms with Gasteiger partial charge in [0.05, 0.1) is 0 Å². The van der Waals surface area contributed by atoms with Gasteiger partial charge in [0.15, 0.2) is 0 Å². The Hall–Kier alpha value is -1.56. The van der Waals surface area contributed by atoms with Crippen molar-refractivity contribution in [3.05, 3.63) is 84.9 Å². The molecule has 0 spiro atoms. The van der Waals surface area contributed by atoms with E-state index in [0.29, 0.717) is 10.8 Å². The Morgan fingerprint density at radius 1 is 0.500 bits per heavy atom. The summed E-state index contributed by atoms with van der Waals surface area (Å²) in [6.07, 6.45) is 0. The van der Waals surface area contributed by atoms with Gasteiger partial charge in [-0.1, -0.05) is 72.8 Å². The molecule has 0 amide bonds. The van der Waals surface area contributed by atoms with Crippen LogP contribution in [0.1, 0.15) is 0 Å². The van der Waals surface area contributed by atoms with Crippen molar-refractivity contribution in [1.82, 2.24) is 0 Å². The van der Waals surface area contributed by atoms with Gasteiger partial charge in [0.25, 0.3) is 0 Å². The maximum atomic E-state index is 10.7.